The lowest BCUT2D eigenvalue weighted by Crippen LogP contribution is -2.61. The maximum absolute atomic E-state index is 12.2. The molecule has 2 atom stereocenters. The van der Waals surface area contributed by atoms with Gasteiger partial charge >= 0.3 is 17.9 Å². The number of hydrogen-bond donors (Lipinski definition) is 3. The minimum atomic E-state index is -2.32. The molecular formula is C16H21NO6. The summed E-state index contributed by atoms with van der Waals surface area (Å²) in [7, 11) is 0. The van der Waals surface area contributed by atoms with Crippen molar-refractivity contribution in [2.24, 2.45) is 11.7 Å². The topological polar surface area (TPSA) is 127 Å². The van der Waals surface area contributed by atoms with Gasteiger partial charge < -0.3 is 20.7 Å². The molecule has 1 rings (SSSR count). The van der Waals surface area contributed by atoms with E-state index in [1.54, 1.807) is 51.1 Å². The molecule has 0 saturated heterocycles. The zero-order valence-corrected chi connectivity index (χ0v) is 13.3. The van der Waals surface area contributed by atoms with Gasteiger partial charge in [0, 0.05) is 6.42 Å². The van der Waals surface area contributed by atoms with Gasteiger partial charge in [0.05, 0.1) is 0 Å². The molecule has 7 nitrogen and oxygen atoms in total. The van der Waals surface area contributed by atoms with E-state index < -0.39 is 35.0 Å². The Bertz CT molecular complexity index is 592. The third kappa shape index (κ3) is 4.79. The van der Waals surface area contributed by atoms with Crippen LogP contribution in [-0.2, 0) is 25.5 Å². The maximum Gasteiger partial charge on any atom is 0.325 e. The van der Waals surface area contributed by atoms with E-state index in [1.165, 1.54) is 0 Å². The van der Waals surface area contributed by atoms with Gasteiger partial charge in [0.15, 0.2) is 5.92 Å². The molecule has 2 unspecified atom stereocenters. The molecule has 0 spiro atoms. The van der Waals surface area contributed by atoms with Crippen LogP contribution in [0.3, 0.4) is 0 Å². The summed E-state index contributed by atoms with van der Waals surface area (Å²) in [4.78, 5) is 35.4. The summed E-state index contributed by atoms with van der Waals surface area (Å²) in [6.45, 7) is 4.67. The molecular weight excluding hydrogens is 302 g/mol. The molecule has 23 heavy (non-hydrogen) atoms. The van der Waals surface area contributed by atoms with Gasteiger partial charge in [0.2, 0.25) is 0 Å². The Morgan fingerprint density at radius 1 is 1.13 bits per heavy atom. The maximum atomic E-state index is 12.2. The Kier molecular flexibility index (Phi) is 5.50. The van der Waals surface area contributed by atoms with Crippen molar-refractivity contribution in [2.45, 2.75) is 38.3 Å². The molecule has 1 aromatic rings. The van der Waals surface area contributed by atoms with Crippen LogP contribution >= 0.6 is 0 Å². The Balaban J connectivity index is 3.23. The fourth-order valence-electron chi connectivity index (χ4n) is 2.13. The van der Waals surface area contributed by atoms with Crippen molar-refractivity contribution in [3.05, 3.63) is 35.9 Å². The highest BCUT2D eigenvalue weighted by molar-refractivity contribution is 6.02. The van der Waals surface area contributed by atoms with Gasteiger partial charge in [-0.2, -0.15) is 0 Å². The molecule has 0 aliphatic heterocycles. The molecule has 126 valence electrons. The molecule has 0 aliphatic carbocycles. The van der Waals surface area contributed by atoms with E-state index in [1.807, 2.05) is 0 Å². The third-order valence-electron chi connectivity index (χ3n) is 3.14. The number of carboxylic acid groups (broad SMARTS) is 2. The van der Waals surface area contributed by atoms with Crippen LogP contribution in [0.25, 0.3) is 0 Å². The van der Waals surface area contributed by atoms with Crippen LogP contribution in [0.5, 0.6) is 0 Å². The third-order valence-corrected chi connectivity index (χ3v) is 3.14. The minimum Gasteiger partial charge on any atom is -0.481 e. The van der Waals surface area contributed by atoms with E-state index in [2.05, 4.69) is 0 Å². The molecule has 0 fully saturated rings. The molecule has 0 aliphatic rings. The first-order valence-corrected chi connectivity index (χ1v) is 6.99. The average Bonchev–Trinajstić information content (AvgIpc) is 2.36. The summed E-state index contributed by atoms with van der Waals surface area (Å²) < 4.78 is 5.03. The van der Waals surface area contributed by atoms with Crippen LogP contribution < -0.4 is 5.73 Å². The Hall–Kier alpha value is -2.41. The summed E-state index contributed by atoms with van der Waals surface area (Å²) in [5.41, 5.74) is 3.08. The lowest BCUT2D eigenvalue weighted by atomic mass is 9.79. The van der Waals surface area contributed by atoms with Crippen molar-refractivity contribution < 1.29 is 29.3 Å². The van der Waals surface area contributed by atoms with E-state index in [0.29, 0.717) is 5.56 Å². The molecule has 1 aromatic carbocycles. The van der Waals surface area contributed by atoms with Gasteiger partial charge in [0.25, 0.3) is 0 Å². The van der Waals surface area contributed by atoms with Crippen LogP contribution in [0.2, 0.25) is 0 Å². The smallest absolute Gasteiger partial charge is 0.325 e. The molecule has 0 heterocycles. The normalized spacial score (nSPS) is 15.3. The summed E-state index contributed by atoms with van der Waals surface area (Å²) >= 11 is 0. The molecule has 0 amide bonds. The second kappa shape index (κ2) is 6.78. The molecule has 0 saturated carbocycles. The number of benzene rings is 1. The van der Waals surface area contributed by atoms with E-state index in [9.17, 15) is 24.6 Å². The first-order chi connectivity index (χ1) is 10.5. The number of aliphatic carboxylic acids is 2. The number of hydrogen-bond acceptors (Lipinski definition) is 5. The predicted octanol–water partition coefficient (Wildman–Crippen LogP) is 1.05. The van der Waals surface area contributed by atoms with Gasteiger partial charge in [-0.05, 0) is 26.3 Å². The summed E-state index contributed by atoms with van der Waals surface area (Å²) in [5.74, 6) is -6.43. The Morgan fingerprint density at radius 3 is 2.04 bits per heavy atom. The second-order valence-corrected chi connectivity index (χ2v) is 6.31. The fraction of sp³-hybridized carbons (Fsp3) is 0.438. The summed E-state index contributed by atoms with van der Waals surface area (Å²) in [5, 5.41) is 18.8. The molecule has 0 radical (unpaired) electrons. The Labute approximate surface area is 134 Å². The predicted molar refractivity (Wildman–Crippen MR) is 81.7 cm³/mol. The molecule has 0 bridgehead atoms. The van der Waals surface area contributed by atoms with E-state index in [4.69, 9.17) is 10.5 Å². The van der Waals surface area contributed by atoms with Gasteiger partial charge in [-0.25, -0.2) is 0 Å². The summed E-state index contributed by atoms with van der Waals surface area (Å²) in [6, 6.07) is 8.28. The van der Waals surface area contributed by atoms with Crippen molar-refractivity contribution in [3.63, 3.8) is 0 Å². The van der Waals surface area contributed by atoms with E-state index in [-0.39, 0.29) is 6.42 Å². The molecule has 4 N–H and O–H groups in total. The van der Waals surface area contributed by atoms with Crippen LogP contribution in [0.4, 0.5) is 0 Å². The van der Waals surface area contributed by atoms with Crippen molar-refractivity contribution in [2.75, 3.05) is 0 Å². The number of carboxylic acids is 2. The van der Waals surface area contributed by atoms with Crippen molar-refractivity contribution in [3.8, 4) is 0 Å². The van der Waals surface area contributed by atoms with Crippen LogP contribution in [0.1, 0.15) is 26.3 Å². The monoisotopic (exact) mass is 323 g/mol. The van der Waals surface area contributed by atoms with Crippen molar-refractivity contribution in [1.82, 2.24) is 0 Å². The largest absolute Gasteiger partial charge is 0.481 e. The fourth-order valence-corrected chi connectivity index (χ4v) is 2.13. The Morgan fingerprint density at radius 2 is 1.65 bits per heavy atom. The zero-order valence-electron chi connectivity index (χ0n) is 13.3. The second-order valence-electron chi connectivity index (χ2n) is 6.31. The zero-order chi connectivity index (χ0) is 17.8. The first-order valence-electron chi connectivity index (χ1n) is 6.99. The highest BCUT2D eigenvalue weighted by Gasteiger charge is 2.52. The standard InChI is InChI=1S/C16H21NO6/c1-15(2,3)23-13(20)11(12(18)19)16(17,14(21)22)9-10-7-5-4-6-8-10/h4-8,11H,9,17H2,1-3H3,(H,18,19)(H,21,22). The van der Waals surface area contributed by atoms with Gasteiger partial charge in [-0.15, -0.1) is 0 Å². The summed E-state index contributed by atoms with van der Waals surface area (Å²) in [6.07, 6.45) is -0.320. The quantitative estimate of drug-likeness (QED) is 0.527. The lowest BCUT2D eigenvalue weighted by Gasteiger charge is -2.31. The average molecular weight is 323 g/mol. The van der Waals surface area contributed by atoms with Crippen molar-refractivity contribution in [1.29, 1.82) is 0 Å². The van der Waals surface area contributed by atoms with Gasteiger partial charge in [-0.1, -0.05) is 30.3 Å². The van der Waals surface area contributed by atoms with Crippen LogP contribution in [0, 0.1) is 5.92 Å². The van der Waals surface area contributed by atoms with E-state index >= 15 is 0 Å². The highest BCUT2D eigenvalue weighted by Crippen LogP contribution is 2.25. The first kappa shape index (κ1) is 18.6. The number of carbonyl (C=O) groups excluding carboxylic acids is 1. The molecule has 7 heteroatoms. The molecule has 0 aromatic heterocycles. The number of nitrogens with two attached hydrogens (primary N) is 1. The van der Waals surface area contributed by atoms with Gasteiger partial charge in [0.1, 0.15) is 11.1 Å². The lowest BCUT2D eigenvalue weighted by molar-refractivity contribution is -0.175. The number of ether oxygens (including phenoxy) is 1. The number of rotatable bonds is 6. The van der Waals surface area contributed by atoms with Crippen molar-refractivity contribution >= 4 is 17.9 Å². The SMILES string of the molecule is CC(C)(C)OC(=O)C(C(=O)O)C(N)(Cc1ccccc1)C(=O)O. The van der Waals surface area contributed by atoms with E-state index in [0.717, 1.165) is 0 Å². The number of carbonyl (C=O) groups is 3. The number of esters is 1. The van der Waals surface area contributed by atoms with Gasteiger partial charge in [-0.3, -0.25) is 14.4 Å². The van der Waals surface area contributed by atoms with Crippen LogP contribution in [0.15, 0.2) is 30.3 Å². The van der Waals surface area contributed by atoms with Crippen LogP contribution in [-0.4, -0.2) is 39.3 Å². The minimum absolute atomic E-state index is 0.320. The highest BCUT2D eigenvalue weighted by atomic mass is 16.6.